The van der Waals surface area contributed by atoms with E-state index in [-0.39, 0.29) is 83.9 Å². The number of Topliss-reactive ketones (excluding diaryl/α,β-unsaturated/α-hetero) is 1. The minimum absolute atomic E-state index is 0.000222. The third-order valence-electron chi connectivity index (χ3n) is 11.6. The number of carbonyl (C=O) groups excluding carboxylic acids is 3. The van der Waals surface area contributed by atoms with Gasteiger partial charge in [-0.1, -0.05) is 19.6 Å². The van der Waals surface area contributed by atoms with E-state index in [9.17, 15) is 29.9 Å². The Hall–Kier alpha value is -4.10. The molecule has 2 unspecified atom stereocenters. The van der Waals surface area contributed by atoms with Crippen LogP contribution in [0.2, 0.25) is 0 Å². The number of nitrogens with one attached hydrogen (secondary N) is 2. The molecule has 0 bridgehead atoms. The number of hydrogen-bond donors (Lipinski definition) is 4. The summed E-state index contributed by atoms with van der Waals surface area (Å²) in [4.78, 5) is 43.1. The monoisotopic (exact) mass is 716 g/mol. The Labute approximate surface area is 307 Å². The smallest absolute Gasteiger partial charge is 0.225 e. The fourth-order valence-corrected chi connectivity index (χ4v) is 8.11. The molecule has 12 heteroatoms. The van der Waals surface area contributed by atoms with Gasteiger partial charge in [0.2, 0.25) is 17.2 Å². The van der Waals surface area contributed by atoms with Crippen molar-refractivity contribution in [1.29, 1.82) is 0 Å². The highest BCUT2D eigenvalue weighted by atomic mass is 16.5. The number of anilines is 3. The molecule has 2 aromatic carbocycles. The van der Waals surface area contributed by atoms with Crippen LogP contribution in [-0.2, 0) is 25.2 Å². The fraction of sp³-hybridized carbons (Fsp3) is 0.550. The maximum absolute atomic E-state index is 14.5. The van der Waals surface area contributed by atoms with Gasteiger partial charge < -0.3 is 31.1 Å². The van der Waals surface area contributed by atoms with Crippen molar-refractivity contribution in [2.45, 2.75) is 117 Å². The van der Waals surface area contributed by atoms with Crippen molar-refractivity contribution in [2.24, 2.45) is 0 Å². The first-order valence-electron chi connectivity index (χ1n) is 18.3. The van der Waals surface area contributed by atoms with E-state index < -0.39 is 11.5 Å². The van der Waals surface area contributed by atoms with Crippen LogP contribution in [0.15, 0.2) is 30.0 Å². The molecule has 2 amide bonds. The largest absolute Gasteiger partial charge is 0.871 e. The van der Waals surface area contributed by atoms with Gasteiger partial charge in [-0.05, 0) is 79.2 Å². The first-order valence-corrected chi connectivity index (χ1v) is 18.3. The normalized spacial score (nSPS) is 21.4. The standard InChI is InChI=1S/C40H56N6O6/c1-21(2)45-23(5)39(7,8)27-17-25(29(19-31(27)45)41-33(47)13-15-43(11)51)35-37(49)36(38(35)50)26-18-28-32(46(22(3)4)24(6)40(28,9)10)20-30(26)42-34(48)14-16-44(12)52/h17-24,51-52H,13-16H2,1-12H3,(H2,41,42,47,48,49,50). The maximum atomic E-state index is 14.5. The first-order chi connectivity index (χ1) is 24.1. The fourth-order valence-electron chi connectivity index (χ4n) is 8.11. The summed E-state index contributed by atoms with van der Waals surface area (Å²) in [5, 5.41) is 42.8. The number of nitrogens with zero attached hydrogens (tertiary/aromatic N) is 4. The molecule has 282 valence electrons. The van der Waals surface area contributed by atoms with Crippen LogP contribution in [-0.4, -0.2) is 89.5 Å². The van der Waals surface area contributed by atoms with Crippen LogP contribution in [0.25, 0.3) is 11.1 Å². The summed E-state index contributed by atoms with van der Waals surface area (Å²) in [5.41, 5.74) is 3.25. The van der Waals surface area contributed by atoms with Crippen molar-refractivity contribution in [3.8, 4) is 0 Å². The minimum atomic E-state index is -0.463. The van der Waals surface area contributed by atoms with Crippen LogP contribution in [0.1, 0.15) is 98.8 Å². The summed E-state index contributed by atoms with van der Waals surface area (Å²) in [6, 6.07) is 8.00. The van der Waals surface area contributed by atoms with Gasteiger partial charge in [0.1, 0.15) is 6.04 Å². The predicted octanol–water partition coefficient (Wildman–Crippen LogP) is 2.96. The molecule has 2 aliphatic heterocycles. The van der Waals surface area contributed by atoms with E-state index in [1.807, 2.05) is 24.3 Å². The van der Waals surface area contributed by atoms with E-state index in [0.717, 1.165) is 32.3 Å². The molecule has 12 nitrogen and oxygen atoms in total. The van der Waals surface area contributed by atoms with Gasteiger partial charge in [-0.25, -0.2) is 4.58 Å². The van der Waals surface area contributed by atoms with Crippen molar-refractivity contribution < 1.29 is 29.9 Å². The van der Waals surface area contributed by atoms with Crippen molar-refractivity contribution in [1.82, 2.24) is 14.7 Å². The van der Waals surface area contributed by atoms with Gasteiger partial charge in [0.15, 0.2) is 11.8 Å². The van der Waals surface area contributed by atoms with Gasteiger partial charge in [-0.3, -0.25) is 14.4 Å². The minimum Gasteiger partial charge on any atom is -0.871 e. The molecule has 0 spiro atoms. The Morgan fingerprint density at radius 1 is 0.865 bits per heavy atom. The number of benzene rings is 2. The average Bonchev–Trinajstić information content (AvgIpc) is 3.35. The predicted molar refractivity (Wildman–Crippen MR) is 202 cm³/mol. The van der Waals surface area contributed by atoms with E-state index in [0.29, 0.717) is 22.2 Å². The molecule has 0 aromatic heterocycles. The molecule has 0 saturated heterocycles. The van der Waals surface area contributed by atoms with Crippen LogP contribution in [0.3, 0.4) is 0 Å². The molecule has 0 radical (unpaired) electrons. The molecule has 1 aliphatic carbocycles. The molecular weight excluding hydrogens is 660 g/mol. The average molecular weight is 717 g/mol. The van der Waals surface area contributed by atoms with Gasteiger partial charge in [0.05, 0.1) is 16.8 Å². The SMILES string of the molecule is CC(C)N1c2cc(NC(=O)CCN(C)O)c(C3=C([O-])/C(=c4/cc5c(cc4NC(=O)CCN(C)O)=[N+](C(C)C)C(C)C5(C)C)C3=O)cc2C(C)(C)C1C. The maximum Gasteiger partial charge on any atom is 0.225 e. The van der Waals surface area contributed by atoms with E-state index >= 15 is 0 Å². The van der Waals surface area contributed by atoms with Gasteiger partial charge in [-0.2, -0.15) is 10.1 Å². The van der Waals surface area contributed by atoms with E-state index in [1.165, 1.54) is 14.1 Å². The van der Waals surface area contributed by atoms with Crippen LogP contribution < -0.4 is 35.8 Å². The van der Waals surface area contributed by atoms with Gasteiger partial charge >= 0.3 is 0 Å². The highest BCUT2D eigenvalue weighted by Crippen LogP contribution is 2.50. The number of hydroxylamine groups is 4. The lowest BCUT2D eigenvalue weighted by Crippen LogP contribution is -2.42. The second-order valence-corrected chi connectivity index (χ2v) is 16.4. The Kier molecular flexibility index (Phi) is 10.6. The first kappa shape index (κ1) is 39.1. The lowest BCUT2D eigenvalue weighted by Gasteiger charge is -2.34. The molecule has 3 aliphatic rings. The zero-order chi connectivity index (χ0) is 38.8. The summed E-state index contributed by atoms with van der Waals surface area (Å²) in [6.07, 6.45) is -0.000445. The summed E-state index contributed by atoms with van der Waals surface area (Å²) >= 11 is 0. The van der Waals surface area contributed by atoms with Gasteiger partial charge in [0, 0.05) is 96.8 Å². The molecular formula is C40H56N6O6. The highest BCUT2D eigenvalue weighted by Gasteiger charge is 2.47. The molecule has 5 rings (SSSR count). The summed E-state index contributed by atoms with van der Waals surface area (Å²) in [7, 11) is 2.92. The number of carbonyl (C=O) groups is 3. The number of ketones is 1. The second kappa shape index (κ2) is 14.0. The molecule has 2 aromatic rings. The Bertz CT molecular complexity index is 1980. The van der Waals surface area contributed by atoms with Gasteiger partial charge in [-0.15, -0.1) is 0 Å². The van der Waals surface area contributed by atoms with Crippen molar-refractivity contribution >= 4 is 45.8 Å². The topological polar surface area (TPSA) is 152 Å². The summed E-state index contributed by atoms with van der Waals surface area (Å²) < 4.78 is 2.29. The number of hydrogen-bond acceptors (Lipinski definition) is 9. The van der Waals surface area contributed by atoms with Crippen molar-refractivity contribution in [3.05, 3.63) is 57.3 Å². The Morgan fingerprint density at radius 2 is 1.42 bits per heavy atom. The lowest BCUT2D eigenvalue weighted by atomic mass is 9.76. The van der Waals surface area contributed by atoms with E-state index in [1.54, 1.807) is 0 Å². The molecule has 0 fully saturated rings. The molecule has 0 saturated carbocycles. The molecule has 2 atom stereocenters. The van der Waals surface area contributed by atoms with E-state index in [4.69, 9.17) is 0 Å². The van der Waals surface area contributed by atoms with E-state index in [2.05, 4.69) is 89.3 Å². The summed E-state index contributed by atoms with van der Waals surface area (Å²) in [6.45, 7) is 21.5. The van der Waals surface area contributed by atoms with Crippen LogP contribution in [0.4, 0.5) is 17.1 Å². The third kappa shape index (κ3) is 6.66. The van der Waals surface area contributed by atoms with Gasteiger partial charge in [0.25, 0.3) is 0 Å². The molecule has 4 N–H and O–H groups in total. The molecule has 52 heavy (non-hydrogen) atoms. The number of amides is 2. The Balaban J connectivity index is 1.76. The number of rotatable bonds is 11. The van der Waals surface area contributed by atoms with Crippen LogP contribution in [0.5, 0.6) is 0 Å². The third-order valence-corrected chi connectivity index (χ3v) is 11.6. The zero-order valence-electron chi connectivity index (χ0n) is 32.8. The highest BCUT2D eigenvalue weighted by molar-refractivity contribution is 6.52. The number of allylic oxidation sites excluding steroid dienone is 2. The summed E-state index contributed by atoms with van der Waals surface area (Å²) in [5.74, 6) is -1.66. The Morgan fingerprint density at radius 3 is 1.92 bits per heavy atom. The van der Waals surface area contributed by atoms with Crippen molar-refractivity contribution in [3.63, 3.8) is 0 Å². The van der Waals surface area contributed by atoms with Crippen LogP contribution >= 0.6 is 0 Å². The second-order valence-electron chi connectivity index (χ2n) is 16.4. The quantitative estimate of drug-likeness (QED) is 0.203. The zero-order valence-corrected chi connectivity index (χ0v) is 32.8. The number of fused-ring (bicyclic) bond motifs is 2. The van der Waals surface area contributed by atoms with Crippen molar-refractivity contribution in [2.75, 3.05) is 42.7 Å². The molecule has 2 heterocycles. The lowest BCUT2D eigenvalue weighted by molar-refractivity contribution is -0.292. The van der Waals surface area contributed by atoms with Crippen LogP contribution in [0, 0.1) is 0 Å².